The molecule has 2 nitrogen and oxygen atoms in total. The number of aryl methyl sites for hydroxylation is 1. The lowest BCUT2D eigenvalue weighted by Crippen LogP contribution is -1.91. The van der Waals surface area contributed by atoms with Crippen molar-refractivity contribution in [1.82, 2.24) is 0 Å². The van der Waals surface area contributed by atoms with Gasteiger partial charge < -0.3 is 10.5 Å². The third kappa shape index (κ3) is 2.37. The second-order valence-electron chi connectivity index (χ2n) is 3.94. The summed E-state index contributed by atoms with van der Waals surface area (Å²) in [6, 6.07) is 11.6. The minimum Gasteiger partial charge on any atom is -0.496 e. The summed E-state index contributed by atoms with van der Waals surface area (Å²) in [6.07, 6.45) is 0. The van der Waals surface area contributed by atoms with Gasteiger partial charge in [0, 0.05) is 5.56 Å². The predicted molar refractivity (Wildman–Crippen MR) is 72.6 cm³/mol. The van der Waals surface area contributed by atoms with Crippen molar-refractivity contribution in [2.45, 2.75) is 6.92 Å². The van der Waals surface area contributed by atoms with E-state index < -0.39 is 0 Å². The third-order valence-corrected chi connectivity index (χ3v) is 3.01. The predicted octanol–water partition coefficient (Wildman–Crippen LogP) is 3.91. The first-order valence-corrected chi connectivity index (χ1v) is 5.69. The molecule has 88 valence electrons. The van der Waals surface area contributed by atoms with Crippen molar-refractivity contribution in [3.63, 3.8) is 0 Å². The van der Waals surface area contributed by atoms with Crippen molar-refractivity contribution in [3.8, 4) is 16.9 Å². The molecule has 17 heavy (non-hydrogen) atoms. The quantitative estimate of drug-likeness (QED) is 0.817. The maximum atomic E-state index is 5.92. The van der Waals surface area contributed by atoms with E-state index in [0.717, 1.165) is 16.9 Å². The number of methoxy groups -OCH3 is 1. The van der Waals surface area contributed by atoms with Gasteiger partial charge in [-0.05, 0) is 36.8 Å². The number of benzene rings is 2. The van der Waals surface area contributed by atoms with Crippen LogP contribution in [0.15, 0.2) is 36.4 Å². The summed E-state index contributed by atoms with van der Waals surface area (Å²) < 4.78 is 5.35. The van der Waals surface area contributed by atoms with Crippen LogP contribution in [0.2, 0.25) is 5.02 Å². The lowest BCUT2D eigenvalue weighted by atomic mass is 10.0. The molecule has 0 saturated heterocycles. The van der Waals surface area contributed by atoms with E-state index in [1.54, 1.807) is 13.2 Å². The highest BCUT2D eigenvalue weighted by Gasteiger charge is 2.07. The van der Waals surface area contributed by atoms with E-state index in [-0.39, 0.29) is 0 Å². The van der Waals surface area contributed by atoms with Gasteiger partial charge >= 0.3 is 0 Å². The zero-order valence-electron chi connectivity index (χ0n) is 9.83. The largest absolute Gasteiger partial charge is 0.496 e. The summed E-state index contributed by atoms with van der Waals surface area (Å²) >= 11 is 5.92. The Balaban J connectivity index is 2.58. The topological polar surface area (TPSA) is 35.2 Å². The van der Waals surface area contributed by atoms with Crippen molar-refractivity contribution >= 4 is 17.3 Å². The van der Waals surface area contributed by atoms with Crippen molar-refractivity contribution in [3.05, 3.63) is 47.0 Å². The summed E-state index contributed by atoms with van der Waals surface area (Å²) in [5.41, 5.74) is 9.60. The minimum absolute atomic E-state index is 0.570. The summed E-state index contributed by atoms with van der Waals surface area (Å²) in [5, 5.41) is 0.570. The summed E-state index contributed by atoms with van der Waals surface area (Å²) in [5.74, 6) is 0.831. The Morgan fingerprint density at radius 2 is 1.88 bits per heavy atom. The van der Waals surface area contributed by atoms with E-state index in [4.69, 9.17) is 22.1 Å². The maximum absolute atomic E-state index is 5.92. The molecule has 0 heterocycles. The van der Waals surface area contributed by atoms with Gasteiger partial charge in [0.1, 0.15) is 5.75 Å². The lowest BCUT2D eigenvalue weighted by molar-refractivity contribution is 0.416. The van der Waals surface area contributed by atoms with Crippen LogP contribution in [0, 0.1) is 6.92 Å². The highest BCUT2D eigenvalue weighted by molar-refractivity contribution is 6.33. The molecule has 2 rings (SSSR count). The van der Waals surface area contributed by atoms with Crippen molar-refractivity contribution in [2.24, 2.45) is 0 Å². The molecule has 0 aromatic heterocycles. The summed E-state index contributed by atoms with van der Waals surface area (Å²) in [6.45, 7) is 2.04. The Hall–Kier alpha value is -1.67. The number of nitrogen functional groups attached to an aromatic ring is 1. The van der Waals surface area contributed by atoms with Crippen LogP contribution in [0.4, 0.5) is 5.69 Å². The lowest BCUT2D eigenvalue weighted by Gasteiger charge is -2.10. The molecule has 0 spiro atoms. The van der Waals surface area contributed by atoms with Gasteiger partial charge in [-0.1, -0.05) is 29.3 Å². The second-order valence-corrected chi connectivity index (χ2v) is 4.35. The van der Waals surface area contributed by atoms with Gasteiger partial charge in [-0.2, -0.15) is 0 Å². The Labute approximate surface area is 106 Å². The van der Waals surface area contributed by atoms with E-state index >= 15 is 0 Å². The summed E-state index contributed by atoms with van der Waals surface area (Å²) in [4.78, 5) is 0. The molecule has 2 aromatic carbocycles. The number of anilines is 1. The Bertz CT molecular complexity index is 552. The normalized spacial score (nSPS) is 10.3. The third-order valence-electron chi connectivity index (χ3n) is 2.66. The molecule has 3 heteroatoms. The van der Waals surface area contributed by atoms with Crippen molar-refractivity contribution < 1.29 is 4.74 Å². The fourth-order valence-electron chi connectivity index (χ4n) is 1.76. The molecule has 0 atom stereocenters. The number of nitrogens with two attached hydrogens (primary N) is 1. The number of ether oxygens (including phenoxy) is 1. The van der Waals surface area contributed by atoms with E-state index in [9.17, 15) is 0 Å². The fourth-order valence-corrected chi connectivity index (χ4v) is 1.88. The number of hydrogen-bond acceptors (Lipinski definition) is 2. The molecule has 0 aliphatic heterocycles. The average Bonchev–Trinajstić information content (AvgIpc) is 2.32. The SMILES string of the molecule is COc1ccc(C)cc1-c1ccc(Cl)c(N)c1. The molecule has 2 aromatic rings. The molecular weight excluding hydrogens is 234 g/mol. The number of rotatable bonds is 2. The fraction of sp³-hybridized carbons (Fsp3) is 0.143. The number of hydrogen-bond donors (Lipinski definition) is 1. The highest BCUT2D eigenvalue weighted by Crippen LogP contribution is 2.33. The van der Waals surface area contributed by atoms with E-state index in [2.05, 4.69) is 6.07 Å². The van der Waals surface area contributed by atoms with Crippen LogP contribution >= 0.6 is 11.6 Å². The van der Waals surface area contributed by atoms with Gasteiger partial charge in [-0.3, -0.25) is 0 Å². The first-order valence-electron chi connectivity index (χ1n) is 5.32. The second kappa shape index (κ2) is 4.68. The van der Waals surface area contributed by atoms with Crippen LogP contribution in [-0.4, -0.2) is 7.11 Å². The van der Waals surface area contributed by atoms with Crippen LogP contribution in [0.25, 0.3) is 11.1 Å². The number of halogens is 1. The summed E-state index contributed by atoms with van der Waals surface area (Å²) in [7, 11) is 1.66. The Kier molecular flexibility index (Phi) is 3.25. The van der Waals surface area contributed by atoms with Gasteiger partial charge in [0.25, 0.3) is 0 Å². The molecule has 0 radical (unpaired) electrons. The smallest absolute Gasteiger partial charge is 0.126 e. The average molecular weight is 248 g/mol. The van der Waals surface area contributed by atoms with Crippen LogP contribution in [-0.2, 0) is 0 Å². The first-order chi connectivity index (χ1) is 8.11. The van der Waals surface area contributed by atoms with Crippen LogP contribution < -0.4 is 10.5 Å². The first kappa shape index (κ1) is 11.8. The molecule has 2 N–H and O–H groups in total. The minimum atomic E-state index is 0.570. The molecule has 0 aliphatic rings. The van der Waals surface area contributed by atoms with Crippen molar-refractivity contribution in [2.75, 3.05) is 12.8 Å². The van der Waals surface area contributed by atoms with Crippen LogP contribution in [0.3, 0.4) is 0 Å². The standard InChI is InChI=1S/C14H14ClNO/c1-9-3-6-14(17-2)11(7-9)10-4-5-12(15)13(16)8-10/h3-8H,16H2,1-2H3. The molecule has 0 unspecified atom stereocenters. The van der Waals surface area contributed by atoms with Crippen molar-refractivity contribution in [1.29, 1.82) is 0 Å². The molecule has 0 saturated carbocycles. The molecule has 0 amide bonds. The highest BCUT2D eigenvalue weighted by atomic mass is 35.5. The molecule has 0 fully saturated rings. The van der Waals surface area contributed by atoms with E-state index in [1.165, 1.54) is 5.56 Å². The Morgan fingerprint density at radius 1 is 1.12 bits per heavy atom. The van der Waals surface area contributed by atoms with Gasteiger partial charge in [0.05, 0.1) is 17.8 Å². The van der Waals surface area contributed by atoms with Gasteiger partial charge in [0.2, 0.25) is 0 Å². The van der Waals surface area contributed by atoms with E-state index in [0.29, 0.717) is 10.7 Å². The van der Waals surface area contributed by atoms with Crippen LogP contribution in [0.1, 0.15) is 5.56 Å². The van der Waals surface area contributed by atoms with E-state index in [1.807, 2.05) is 31.2 Å². The molecular formula is C14H14ClNO. The molecule has 0 bridgehead atoms. The zero-order chi connectivity index (χ0) is 12.4. The van der Waals surface area contributed by atoms with Gasteiger partial charge in [-0.25, -0.2) is 0 Å². The maximum Gasteiger partial charge on any atom is 0.126 e. The Morgan fingerprint density at radius 3 is 2.53 bits per heavy atom. The van der Waals surface area contributed by atoms with Gasteiger partial charge in [0.15, 0.2) is 0 Å². The van der Waals surface area contributed by atoms with Crippen LogP contribution in [0.5, 0.6) is 5.75 Å². The van der Waals surface area contributed by atoms with Gasteiger partial charge in [-0.15, -0.1) is 0 Å². The zero-order valence-corrected chi connectivity index (χ0v) is 10.6. The monoisotopic (exact) mass is 247 g/mol. The molecule has 0 aliphatic carbocycles.